The Labute approximate surface area is 124 Å². The van der Waals surface area contributed by atoms with E-state index >= 15 is 0 Å². The lowest BCUT2D eigenvalue weighted by atomic mass is 9.94. The largest absolute Gasteiger partial charge is 0.480 e. The first-order valence-corrected chi connectivity index (χ1v) is 7.80. The SMILES string of the molecule is CC(Cc1ccccc1F)N1CC2CCCC2C1C(=O)O. The molecule has 114 valence electrons. The predicted octanol–water partition coefficient (Wildman–Crippen LogP) is 2.94. The van der Waals surface area contributed by atoms with Crippen molar-refractivity contribution in [1.29, 1.82) is 0 Å². The van der Waals surface area contributed by atoms with E-state index in [0.29, 0.717) is 17.9 Å². The number of halogens is 1. The smallest absolute Gasteiger partial charge is 0.321 e. The molecule has 0 spiro atoms. The molecule has 3 nitrogen and oxygen atoms in total. The van der Waals surface area contributed by atoms with Crippen LogP contribution in [0.3, 0.4) is 0 Å². The number of carboxylic acids is 1. The zero-order valence-electron chi connectivity index (χ0n) is 12.3. The summed E-state index contributed by atoms with van der Waals surface area (Å²) in [5.74, 6) is -0.125. The van der Waals surface area contributed by atoms with Crippen molar-refractivity contribution in [3.63, 3.8) is 0 Å². The maximum Gasteiger partial charge on any atom is 0.321 e. The highest BCUT2D eigenvalue weighted by atomic mass is 19.1. The summed E-state index contributed by atoms with van der Waals surface area (Å²) >= 11 is 0. The molecule has 1 saturated carbocycles. The van der Waals surface area contributed by atoms with Gasteiger partial charge in [0.05, 0.1) is 0 Å². The highest BCUT2D eigenvalue weighted by Crippen LogP contribution is 2.43. The summed E-state index contributed by atoms with van der Waals surface area (Å²) < 4.78 is 13.8. The number of benzene rings is 1. The molecule has 0 amide bonds. The summed E-state index contributed by atoms with van der Waals surface area (Å²) in [6.45, 7) is 2.86. The van der Waals surface area contributed by atoms with Gasteiger partial charge in [0.2, 0.25) is 0 Å². The van der Waals surface area contributed by atoms with Crippen molar-refractivity contribution in [2.75, 3.05) is 6.54 Å². The minimum absolute atomic E-state index is 0.0496. The first kappa shape index (κ1) is 14.5. The zero-order chi connectivity index (χ0) is 15.0. The normalized spacial score (nSPS) is 30.3. The highest BCUT2D eigenvalue weighted by molar-refractivity contribution is 5.74. The molecule has 1 saturated heterocycles. The van der Waals surface area contributed by atoms with Gasteiger partial charge in [-0.1, -0.05) is 24.6 Å². The molecular formula is C17H22FNO2. The Morgan fingerprint density at radius 1 is 1.43 bits per heavy atom. The van der Waals surface area contributed by atoms with Gasteiger partial charge < -0.3 is 5.11 Å². The van der Waals surface area contributed by atoms with Crippen LogP contribution in [0.4, 0.5) is 4.39 Å². The van der Waals surface area contributed by atoms with Gasteiger partial charge in [-0.2, -0.15) is 0 Å². The zero-order valence-corrected chi connectivity index (χ0v) is 12.3. The Morgan fingerprint density at radius 2 is 2.19 bits per heavy atom. The standard InChI is InChI=1S/C17H22FNO2/c1-11(9-12-5-2-3-8-15(12)18)19-10-13-6-4-7-14(13)16(19)17(20)21/h2-3,5,8,11,13-14,16H,4,6-7,9-10H2,1H3,(H,20,21). The number of carboxylic acid groups (broad SMARTS) is 1. The molecule has 21 heavy (non-hydrogen) atoms. The lowest BCUT2D eigenvalue weighted by molar-refractivity contribution is -0.144. The molecular weight excluding hydrogens is 269 g/mol. The molecule has 1 aliphatic heterocycles. The minimum Gasteiger partial charge on any atom is -0.480 e. The van der Waals surface area contributed by atoms with Gasteiger partial charge in [-0.15, -0.1) is 0 Å². The van der Waals surface area contributed by atoms with Crippen LogP contribution in [0.5, 0.6) is 0 Å². The summed E-state index contributed by atoms with van der Waals surface area (Å²) in [7, 11) is 0. The number of aliphatic carboxylic acids is 1. The molecule has 1 aliphatic carbocycles. The summed E-state index contributed by atoms with van der Waals surface area (Å²) in [4.78, 5) is 13.7. The van der Waals surface area contributed by atoms with E-state index in [9.17, 15) is 14.3 Å². The van der Waals surface area contributed by atoms with E-state index in [1.54, 1.807) is 12.1 Å². The van der Waals surface area contributed by atoms with Gasteiger partial charge in [0.25, 0.3) is 0 Å². The number of nitrogens with zero attached hydrogens (tertiary/aromatic N) is 1. The van der Waals surface area contributed by atoms with Crippen LogP contribution >= 0.6 is 0 Å². The third-order valence-corrected chi connectivity index (χ3v) is 5.22. The van der Waals surface area contributed by atoms with Crippen LogP contribution in [0.1, 0.15) is 31.7 Å². The summed E-state index contributed by atoms with van der Waals surface area (Å²) in [5, 5.41) is 9.58. The van der Waals surface area contributed by atoms with Crippen LogP contribution in [0, 0.1) is 17.7 Å². The Balaban J connectivity index is 1.76. The fourth-order valence-corrected chi connectivity index (χ4v) is 4.22. The fourth-order valence-electron chi connectivity index (χ4n) is 4.22. The monoisotopic (exact) mass is 291 g/mol. The van der Waals surface area contributed by atoms with Crippen molar-refractivity contribution >= 4 is 5.97 Å². The first-order chi connectivity index (χ1) is 10.1. The van der Waals surface area contributed by atoms with E-state index in [1.165, 1.54) is 6.07 Å². The molecule has 1 heterocycles. The van der Waals surface area contributed by atoms with E-state index in [0.717, 1.165) is 25.8 Å². The number of likely N-dealkylation sites (tertiary alicyclic amines) is 1. The fraction of sp³-hybridized carbons (Fsp3) is 0.588. The summed E-state index contributed by atoms with van der Waals surface area (Å²) in [5.41, 5.74) is 0.672. The number of rotatable bonds is 4. The van der Waals surface area contributed by atoms with Gasteiger partial charge in [-0.05, 0) is 49.7 Å². The van der Waals surface area contributed by atoms with Crippen molar-refractivity contribution < 1.29 is 14.3 Å². The molecule has 1 N–H and O–H groups in total. The second-order valence-electron chi connectivity index (χ2n) is 6.48. The molecule has 2 aliphatic rings. The quantitative estimate of drug-likeness (QED) is 0.927. The molecule has 2 fully saturated rings. The maximum absolute atomic E-state index is 13.8. The maximum atomic E-state index is 13.8. The Hall–Kier alpha value is -1.42. The molecule has 0 radical (unpaired) electrons. The van der Waals surface area contributed by atoms with Crippen LogP contribution in [-0.2, 0) is 11.2 Å². The van der Waals surface area contributed by atoms with Gasteiger partial charge in [-0.3, -0.25) is 9.69 Å². The average Bonchev–Trinajstić information content (AvgIpc) is 3.00. The number of fused-ring (bicyclic) bond motifs is 1. The second-order valence-corrected chi connectivity index (χ2v) is 6.48. The third-order valence-electron chi connectivity index (χ3n) is 5.22. The Bertz CT molecular complexity index is 533. The highest BCUT2D eigenvalue weighted by Gasteiger charge is 2.48. The van der Waals surface area contributed by atoms with Crippen LogP contribution in [0.25, 0.3) is 0 Å². The van der Waals surface area contributed by atoms with Gasteiger partial charge in [0.15, 0.2) is 0 Å². The number of hydrogen-bond donors (Lipinski definition) is 1. The molecule has 0 aromatic heterocycles. The summed E-state index contributed by atoms with van der Waals surface area (Å²) in [6.07, 6.45) is 3.87. The van der Waals surface area contributed by atoms with E-state index in [4.69, 9.17) is 0 Å². The van der Waals surface area contributed by atoms with Crippen molar-refractivity contribution in [2.45, 2.75) is 44.7 Å². The Kier molecular flexibility index (Phi) is 3.98. The molecule has 3 rings (SSSR count). The van der Waals surface area contributed by atoms with Crippen molar-refractivity contribution in [3.8, 4) is 0 Å². The topological polar surface area (TPSA) is 40.5 Å². The third kappa shape index (κ3) is 2.69. The minimum atomic E-state index is -0.718. The molecule has 4 atom stereocenters. The van der Waals surface area contributed by atoms with E-state index in [-0.39, 0.29) is 23.8 Å². The number of hydrogen-bond acceptors (Lipinski definition) is 2. The predicted molar refractivity (Wildman–Crippen MR) is 78.5 cm³/mol. The van der Waals surface area contributed by atoms with Crippen LogP contribution < -0.4 is 0 Å². The second kappa shape index (κ2) is 5.76. The van der Waals surface area contributed by atoms with E-state index in [2.05, 4.69) is 4.90 Å². The van der Waals surface area contributed by atoms with Crippen molar-refractivity contribution in [2.24, 2.45) is 11.8 Å². The van der Waals surface area contributed by atoms with Gasteiger partial charge in [0, 0.05) is 12.6 Å². The number of carbonyl (C=O) groups is 1. The molecule has 1 aromatic carbocycles. The average molecular weight is 291 g/mol. The molecule has 4 heteroatoms. The van der Waals surface area contributed by atoms with Crippen molar-refractivity contribution in [1.82, 2.24) is 4.90 Å². The lowest BCUT2D eigenvalue weighted by Crippen LogP contribution is -2.45. The molecule has 4 unspecified atom stereocenters. The van der Waals surface area contributed by atoms with Crippen LogP contribution in [0.15, 0.2) is 24.3 Å². The van der Waals surface area contributed by atoms with Gasteiger partial charge in [-0.25, -0.2) is 4.39 Å². The van der Waals surface area contributed by atoms with E-state index in [1.807, 2.05) is 13.0 Å². The lowest BCUT2D eigenvalue weighted by Gasteiger charge is -2.30. The molecule has 0 bridgehead atoms. The van der Waals surface area contributed by atoms with Gasteiger partial charge >= 0.3 is 5.97 Å². The van der Waals surface area contributed by atoms with Crippen LogP contribution in [0.2, 0.25) is 0 Å². The van der Waals surface area contributed by atoms with E-state index < -0.39 is 5.97 Å². The van der Waals surface area contributed by atoms with Crippen LogP contribution in [-0.4, -0.2) is 34.6 Å². The molecule has 1 aromatic rings. The Morgan fingerprint density at radius 3 is 2.90 bits per heavy atom. The summed E-state index contributed by atoms with van der Waals surface area (Å²) in [6, 6.07) is 6.43. The first-order valence-electron chi connectivity index (χ1n) is 7.80. The van der Waals surface area contributed by atoms with Gasteiger partial charge in [0.1, 0.15) is 11.9 Å². The van der Waals surface area contributed by atoms with Crippen molar-refractivity contribution in [3.05, 3.63) is 35.6 Å².